The Bertz CT molecular complexity index is 983. The molecule has 2 atom stereocenters. The number of rotatable bonds is 45. The smallest absolute Gasteiger partial charge is 0.462 e. The van der Waals surface area contributed by atoms with Crippen LogP contribution in [0.2, 0.25) is 0 Å². The summed E-state index contributed by atoms with van der Waals surface area (Å²) in [5.74, 6) is -0.794. The van der Waals surface area contributed by atoms with Crippen LogP contribution in [0.15, 0.2) is 24.3 Å². The fourth-order valence-electron chi connectivity index (χ4n) is 6.98. The van der Waals surface area contributed by atoms with Gasteiger partial charge < -0.3 is 14.4 Å². The minimum absolute atomic E-state index is 0.221. The number of allylic oxidation sites excluding steroid dienone is 4. The first-order chi connectivity index (χ1) is 27.8. The maximum Gasteiger partial charge on any atom is 0.472 e. The van der Waals surface area contributed by atoms with E-state index in [4.69, 9.17) is 14.0 Å². The monoisotopic (exact) mass is 827 g/mol. The van der Waals surface area contributed by atoms with Crippen LogP contribution in [0.25, 0.3) is 0 Å². The van der Waals surface area contributed by atoms with E-state index in [1.807, 2.05) is 0 Å². The van der Waals surface area contributed by atoms with Crippen molar-refractivity contribution >= 4 is 19.8 Å². The third-order valence-corrected chi connectivity index (χ3v) is 11.6. The van der Waals surface area contributed by atoms with E-state index in [1.165, 1.54) is 173 Å². The molecule has 0 fully saturated rings. The van der Waals surface area contributed by atoms with Gasteiger partial charge in [0.15, 0.2) is 6.10 Å². The Hall–Kier alpha value is -1.47. The van der Waals surface area contributed by atoms with Crippen LogP contribution in [0.5, 0.6) is 0 Å². The van der Waals surface area contributed by atoms with Gasteiger partial charge >= 0.3 is 19.8 Å². The predicted molar refractivity (Wildman–Crippen MR) is 239 cm³/mol. The first-order valence-corrected chi connectivity index (χ1v) is 25.5. The fourth-order valence-corrected chi connectivity index (χ4v) is 7.44. The number of hydrogen-bond acceptors (Lipinski definition) is 7. The molecule has 0 aromatic rings. The lowest BCUT2D eigenvalue weighted by molar-refractivity contribution is -0.161. The molecule has 8 nitrogen and oxygen atoms in total. The number of ether oxygens (including phenoxy) is 2. The summed E-state index contributed by atoms with van der Waals surface area (Å²) in [7, 11) is -3.19. The molecule has 0 saturated carbocycles. The third kappa shape index (κ3) is 43.9. The van der Waals surface area contributed by atoms with Crippen molar-refractivity contribution in [3.63, 3.8) is 0 Å². The van der Waals surface area contributed by atoms with Gasteiger partial charge in [-0.05, 0) is 44.9 Å². The van der Waals surface area contributed by atoms with Crippen molar-refractivity contribution in [2.24, 2.45) is 0 Å². The molecule has 0 rings (SSSR count). The van der Waals surface area contributed by atoms with Crippen LogP contribution in [0.1, 0.15) is 245 Å². The van der Waals surface area contributed by atoms with Gasteiger partial charge in [0.1, 0.15) is 6.61 Å². The minimum atomic E-state index is -4.26. The zero-order valence-electron chi connectivity index (χ0n) is 37.5. The summed E-state index contributed by atoms with van der Waals surface area (Å²) >= 11 is 0. The van der Waals surface area contributed by atoms with E-state index in [-0.39, 0.29) is 19.0 Å². The van der Waals surface area contributed by atoms with E-state index in [0.29, 0.717) is 12.8 Å². The van der Waals surface area contributed by atoms with Gasteiger partial charge in [-0.3, -0.25) is 18.6 Å². The first kappa shape index (κ1) is 55.5. The van der Waals surface area contributed by atoms with Gasteiger partial charge in [-0.1, -0.05) is 212 Å². The Morgan fingerprint density at radius 1 is 0.491 bits per heavy atom. The van der Waals surface area contributed by atoms with Crippen molar-refractivity contribution in [2.45, 2.75) is 251 Å². The minimum Gasteiger partial charge on any atom is -0.462 e. The Morgan fingerprint density at radius 3 is 1.23 bits per heavy atom. The summed E-state index contributed by atoms with van der Waals surface area (Å²) in [4.78, 5) is 34.6. The molecule has 0 aromatic carbocycles. The summed E-state index contributed by atoms with van der Waals surface area (Å²) in [6.45, 7) is 3.91. The number of hydrogen-bond donors (Lipinski definition) is 1. The molecule has 0 heterocycles. The van der Waals surface area contributed by atoms with Gasteiger partial charge in [0.05, 0.1) is 6.61 Å². The van der Waals surface area contributed by atoms with Gasteiger partial charge in [-0.15, -0.1) is 0 Å². The Kier molecular flexibility index (Phi) is 43.0. The number of carbonyl (C=O) groups excluding carboxylic acids is 2. The van der Waals surface area contributed by atoms with Crippen LogP contribution in [0, 0.1) is 0 Å². The van der Waals surface area contributed by atoms with E-state index in [9.17, 15) is 19.0 Å². The zero-order valence-corrected chi connectivity index (χ0v) is 38.4. The van der Waals surface area contributed by atoms with E-state index in [2.05, 4.69) is 42.7 Å². The SMILES string of the molecule is CCCCCCC/C=C\C/C=C\CCCCCCCCCCCCCC(=O)OC(COC(=O)CCCCCCCCCCCCCCCCC)COP(=O)(O)OC. The molecule has 0 aromatic heterocycles. The molecule has 0 bridgehead atoms. The molecular formula is C48H91O8P. The van der Waals surface area contributed by atoms with Crippen LogP contribution >= 0.6 is 7.82 Å². The predicted octanol–water partition coefficient (Wildman–Crippen LogP) is 15.4. The normalized spacial score (nSPS) is 13.4. The Morgan fingerprint density at radius 2 is 0.842 bits per heavy atom. The lowest BCUT2D eigenvalue weighted by atomic mass is 10.0. The number of esters is 2. The second-order valence-corrected chi connectivity index (χ2v) is 17.8. The van der Waals surface area contributed by atoms with Gasteiger partial charge in [0.2, 0.25) is 0 Å². The highest BCUT2D eigenvalue weighted by atomic mass is 31.2. The summed E-state index contributed by atoms with van der Waals surface area (Å²) in [6, 6.07) is 0. The van der Waals surface area contributed by atoms with Crippen LogP contribution < -0.4 is 0 Å². The summed E-state index contributed by atoms with van der Waals surface area (Å²) in [5.41, 5.74) is 0. The van der Waals surface area contributed by atoms with Gasteiger partial charge in [0.25, 0.3) is 0 Å². The maximum atomic E-state index is 12.6. The van der Waals surface area contributed by atoms with E-state index in [1.54, 1.807) is 0 Å². The lowest BCUT2D eigenvalue weighted by Crippen LogP contribution is -2.29. The quantitative estimate of drug-likeness (QED) is 0.0280. The molecule has 2 unspecified atom stereocenters. The topological polar surface area (TPSA) is 108 Å². The van der Waals surface area contributed by atoms with Crippen molar-refractivity contribution in [1.82, 2.24) is 0 Å². The molecule has 0 amide bonds. The number of phosphoric ester groups is 1. The molecule has 57 heavy (non-hydrogen) atoms. The highest BCUT2D eigenvalue weighted by Crippen LogP contribution is 2.42. The van der Waals surface area contributed by atoms with Crippen LogP contribution in [0.3, 0.4) is 0 Å². The second kappa shape index (κ2) is 44.1. The number of phosphoric acid groups is 1. The van der Waals surface area contributed by atoms with E-state index in [0.717, 1.165) is 45.6 Å². The number of unbranched alkanes of at least 4 members (excludes halogenated alkanes) is 30. The van der Waals surface area contributed by atoms with E-state index < -0.39 is 26.5 Å². The molecule has 9 heteroatoms. The van der Waals surface area contributed by atoms with Crippen LogP contribution in [-0.4, -0.2) is 43.3 Å². The number of carbonyl (C=O) groups is 2. The highest BCUT2D eigenvalue weighted by Gasteiger charge is 2.24. The van der Waals surface area contributed by atoms with Gasteiger partial charge in [0, 0.05) is 20.0 Å². The average Bonchev–Trinajstić information content (AvgIpc) is 3.20. The van der Waals surface area contributed by atoms with Crippen molar-refractivity contribution in [3.8, 4) is 0 Å². The maximum absolute atomic E-state index is 12.6. The van der Waals surface area contributed by atoms with Crippen LogP contribution in [-0.2, 0) is 32.7 Å². The standard InChI is InChI=1S/C48H91O8P/c1-4-6-8-10-12-14-16-18-20-21-22-23-24-25-26-27-29-31-33-35-37-39-41-43-48(50)56-46(45-55-57(51,52)53-3)44-54-47(49)42-40-38-36-34-32-30-28-19-17-15-13-11-9-7-5-2/h16,18,21-22,46H,4-15,17,19-20,23-45H2,1-3H3,(H,51,52)/b18-16-,22-21-. The Labute approximate surface area is 352 Å². The lowest BCUT2D eigenvalue weighted by Gasteiger charge is -2.19. The fraction of sp³-hybridized carbons (Fsp3) is 0.875. The second-order valence-electron chi connectivity index (χ2n) is 16.3. The van der Waals surface area contributed by atoms with Crippen molar-refractivity contribution in [1.29, 1.82) is 0 Å². The van der Waals surface area contributed by atoms with Gasteiger partial charge in [-0.25, -0.2) is 4.57 Å². The molecule has 0 aliphatic rings. The summed E-state index contributed by atoms with van der Waals surface area (Å²) < 4.78 is 32.1. The molecule has 1 N–H and O–H groups in total. The molecule has 0 saturated heterocycles. The van der Waals surface area contributed by atoms with Crippen molar-refractivity contribution in [2.75, 3.05) is 20.3 Å². The molecule has 0 radical (unpaired) electrons. The summed E-state index contributed by atoms with van der Waals surface area (Å²) in [5, 5.41) is 0. The largest absolute Gasteiger partial charge is 0.472 e. The molecule has 336 valence electrons. The van der Waals surface area contributed by atoms with Crippen molar-refractivity contribution in [3.05, 3.63) is 24.3 Å². The highest BCUT2D eigenvalue weighted by molar-refractivity contribution is 7.47. The zero-order chi connectivity index (χ0) is 41.8. The molecule has 0 spiro atoms. The molecule has 0 aliphatic heterocycles. The molecule has 0 aliphatic carbocycles. The Balaban J connectivity index is 3.90. The first-order valence-electron chi connectivity index (χ1n) is 24.0. The molecular weight excluding hydrogens is 735 g/mol. The average molecular weight is 827 g/mol. The van der Waals surface area contributed by atoms with Gasteiger partial charge in [-0.2, -0.15) is 0 Å². The third-order valence-electron chi connectivity index (χ3n) is 10.7. The van der Waals surface area contributed by atoms with Crippen LogP contribution in [0.4, 0.5) is 0 Å². The summed E-state index contributed by atoms with van der Waals surface area (Å²) in [6.07, 6.45) is 50.9. The van der Waals surface area contributed by atoms with E-state index >= 15 is 0 Å². The van der Waals surface area contributed by atoms with Crippen molar-refractivity contribution < 1.29 is 37.6 Å².